The smallest absolute Gasteiger partial charge is 0.387 e. The van der Waals surface area contributed by atoms with Crippen molar-refractivity contribution in [2.45, 2.75) is 62.2 Å². The number of hydrogen-bond donors (Lipinski definition) is 5. The highest BCUT2D eigenvalue weighted by Gasteiger charge is 2.68. The Hall–Kier alpha value is -2.78. The summed E-state index contributed by atoms with van der Waals surface area (Å²) in [7, 11) is -4.79. The summed E-state index contributed by atoms with van der Waals surface area (Å²) in [4.78, 5) is 53.4. The van der Waals surface area contributed by atoms with E-state index in [1.807, 2.05) is 6.92 Å². The number of aromatic nitrogens is 7. The lowest BCUT2D eigenvalue weighted by atomic mass is 9.63. The van der Waals surface area contributed by atoms with Crippen molar-refractivity contribution in [1.82, 2.24) is 34.1 Å². The number of rotatable bonds is 3. The van der Waals surface area contributed by atoms with Gasteiger partial charge in [0.15, 0.2) is 29.2 Å². The molecule has 5 fully saturated rings. The van der Waals surface area contributed by atoms with Crippen LogP contribution in [0.25, 0.3) is 22.2 Å². The van der Waals surface area contributed by atoms with E-state index in [-0.39, 0.29) is 30.4 Å². The number of aromatic amines is 1. The van der Waals surface area contributed by atoms with Crippen molar-refractivity contribution in [3.8, 4) is 0 Å². The molecule has 1 saturated carbocycles. The first-order chi connectivity index (χ1) is 22.8. The molecule has 4 aromatic rings. The fourth-order valence-corrected chi connectivity index (χ4v) is 9.71. The lowest BCUT2D eigenvalue weighted by Gasteiger charge is -2.50. The van der Waals surface area contributed by atoms with Crippen LogP contribution in [-0.2, 0) is 43.9 Å². The van der Waals surface area contributed by atoms with E-state index in [0.29, 0.717) is 17.6 Å². The number of fused-ring (bicyclic) bond motifs is 8. The molecule has 48 heavy (non-hydrogen) atoms. The highest BCUT2D eigenvalue weighted by Crippen LogP contribution is 2.64. The molecule has 1 spiro atoms. The van der Waals surface area contributed by atoms with Crippen molar-refractivity contribution in [2.24, 2.45) is 11.8 Å². The molecular formula is C25H29FN8O11P2S. The first-order valence-electron chi connectivity index (χ1n) is 14.8. The second-order valence-corrected chi connectivity index (χ2v) is 16.2. The van der Waals surface area contributed by atoms with Gasteiger partial charge in [-0.3, -0.25) is 22.9 Å². The maximum Gasteiger partial charge on any atom is 0.472 e. The zero-order valence-corrected chi connectivity index (χ0v) is 27.4. The van der Waals surface area contributed by atoms with E-state index in [9.17, 15) is 28.6 Å². The first kappa shape index (κ1) is 32.4. The number of nitrogens with two attached hydrogens (primary N) is 1. The van der Waals surface area contributed by atoms with Gasteiger partial charge in [0.1, 0.15) is 47.4 Å². The van der Waals surface area contributed by atoms with Crippen LogP contribution in [0, 0.1) is 17.7 Å². The minimum Gasteiger partial charge on any atom is -0.387 e. The fraction of sp³-hybridized carbons (Fsp3) is 0.560. The summed E-state index contributed by atoms with van der Waals surface area (Å²) in [6, 6.07) is 0. The van der Waals surface area contributed by atoms with Gasteiger partial charge in [0.2, 0.25) is 0 Å². The van der Waals surface area contributed by atoms with E-state index in [1.165, 1.54) is 12.7 Å². The molecule has 4 aromatic heterocycles. The van der Waals surface area contributed by atoms with Gasteiger partial charge in [-0.25, -0.2) is 28.9 Å². The normalized spacial score (nSPS) is 40.1. The van der Waals surface area contributed by atoms with Crippen LogP contribution in [0.1, 0.15) is 32.2 Å². The van der Waals surface area contributed by atoms with Gasteiger partial charge in [0, 0.05) is 24.5 Å². The average molecular weight is 731 g/mol. The van der Waals surface area contributed by atoms with E-state index < -0.39 is 86.3 Å². The van der Waals surface area contributed by atoms with Crippen LogP contribution in [0.15, 0.2) is 30.0 Å². The van der Waals surface area contributed by atoms with Gasteiger partial charge in [-0.05, 0) is 18.2 Å². The lowest BCUT2D eigenvalue weighted by Crippen LogP contribution is -2.60. The first-order valence-corrected chi connectivity index (χ1v) is 18.9. The number of nitrogens with one attached hydrogen (secondary N) is 1. The summed E-state index contributed by atoms with van der Waals surface area (Å²) < 4.78 is 66.2. The number of halogens is 1. The number of phosphoric ester groups is 1. The molecule has 11 atom stereocenters. The Morgan fingerprint density at radius 2 is 1.96 bits per heavy atom. The predicted octanol–water partition coefficient (Wildman–Crippen LogP) is 0.992. The quantitative estimate of drug-likeness (QED) is 0.184. The Kier molecular flexibility index (Phi) is 7.68. The number of nitrogens with zero attached hydrogens (tertiary/aromatic N) is 6. The van der Waals surface area contributed by atoms with Gasteiger partial charge in [0.05, 0.1) is 32.0 Å². The molecular weight excluding hydrogens is 701 g/mol. The molecule has 5 aliphatic rings. The van der Waals surface area contributed by atoms with Crippen LogP contribution in [0.2, 0.25) is 0 Å². The summed E-state index contributed by atoms with van der Waals surface area (Å²) in [5, 5.41) is 10.8. The molecule has 258 valence electrons. The van der Waals surface area contributed by atoms with E-state index >= 15 is 0 Å². The molecule has 8 heterocycles. The van der Waals surface area contributed by atoms with E-state index in [2.05, 4.69) is 24.9 Å². The van der Waals surface area contributed by atoms with Gasteiger partial charge in [-0.15, -0.1) is 0 Å². The van der Waals surface area contributed by atoms with Crippen LogP contribution in [0.4, 0.5) is 10.2 Å². The Balaban J connectivity index is 1.15. The Bertz CT molecular complexity index is 2080. The summed E-state index contributed by atoms with van der Waals surface area (Å²) in [6.07, 6.45) is -2.25. The van der Waals surface area contributed by atoms with Crippen molar-refractivity contribution in [3.05, 3.63) is 41.3 Å². The highest BCUT2D eigenvalue weighted by atomic mass is 32.5. The number of aliphatic hydroxyl groups is 1. The summed E-state index contributed by atoms with van der Waals surface area (Å²) in [5.41, 5.74) is 4.64. The molecule has 0 amide bonds. The third kappa shape index (κ3) is 5.07. The number of phosphoric acid groups is 1. The fourth-order valence-electron chi connectivity index (χ4n) is 7.33. The van der Waals surface area contributed by atoms with Gasteiger partial charge in [0.25, 0.3) is 5.56 Å². The Labute approximate surface area is 274 Å². The summed E-state index contributed by atoms with van der Waals surface area (Å²) in [6.45, 7) is -3.35. The molecule has 0 radical (unpaired) electrons. The van der Waals surface area contributed by atoms with E-state index in [1.54, 1.807) is 4.57 Å². The third-order valence-corrected chi connectivity index (χ3v) is 12.0. The molecule has 4 saturated heterocycles. The largest absolute Gasteiger partial charge is 0.472 e. The topological polar surface area (TPSA) is 253 Å². The second kappa shape index (κ2) is 11.4. The third-order valence-electron chi connectivity index (χ3n) is 9.42. The SMILES string of the molecule is CC[C@@H]1[C@@H]2[C@H]3C[C@]2(COP(O)(=S)O[C@@H]2[C@H](O)[C@@H](COP(=O)(O)O3)O[C@H]2n2cc(F)c3c(=O)[nH]cnc32)O[C@H]1n1cnc2c(N)ncnc21. The Morgan fingerprint density at radius 3 is 2.75 bits per heavy atom. The number of hydrogen-bond acceptors (Lipinski definition) is 15. The number of H-pyrrole nitrogens is 1. The number of ether oxygens (including phenoxy) is 2. The van der Waals surface area contributed by atoms with Crippen molar-refractivity contribution in [1.29, 1.82) is 0 Å². The molecule has 0 aromatic carbocycles. The minimum absolute atomic E-state index is 0.0567. The molecule has 4 bridgehead atoms. The zero-order valence-electron chi connectivity index (χ0n) is 24.8. The monoisotopic (exact) mass is 730 g/mol. The van der Waals surface area contributed by atoms with Crippen molar-refractivity contribution in [2.75, 3.05) is 18.9 Å². The lowest BCUT2D eigenvalue weighted by molar-refractivity contribution is -0.189. The molecule has 6 N–H and O–H groups in total. The van der Waals surface area contributed by atoms with E-state index in [4.69, 9.17) is 45.1 Å². The Morgan fingerprint density at radius 1 is 1.15 bits per heavy atom. The van der Waals surface area contributed by atoms with Crippen molar-refractivity contribution >= 4 is 54.4 Å². The van der Waals surface area contributed by atoms with Crippen molar-refractivity contribution < 1.29 is 51.4 Å². The minimum atomic E-state index is -4.79. The summed E-state index contributed by atoms with van der Waals surface area (Å²) >= 11 is 5.39. The van der Waals surface area contributed by atoms with Gasteiger partial charge in [-0.1, -0.05) is 6.92 Å². The molecule has 1 aliphatic carbocycles. The standard InChI is InChI=1S/C25H29FN8O11P2S/c1-2-10-15-12-3-25(15,43-23(10)34-9-32-16-19(27)28-7-30-21(16)34)6-41-47(39,48)45-18-17(35)13(5-40-46(37,38)44-12)42-24(18)33-4-11(26)14-20(33)29-8-31-22(14)36/h4,7-10,12-13,15,17-18,23-24,35H,2-3,5-6H2,1H3,(H,37,38)(H,39,48)(H2,27,28,30)(H,29,31,36)/t10-,12-,13-,15-,17-,18-,23-,24-,25-,47?/m1/s1. The van der Waals surface area contributed by atoms with Crippen LogP contribution >= 0.6 is 14.5 Å². The summed E-state index contributed by atoms with van der Waals surface area (Å²) in [5.74, 6) is -1.68. The molecule has 4 aliphatic heterocycles. The van der Waals surface area contributed by atoms with Crippen LogP contribution < -0.4 is 11.3 Å². The van der Waals surface area contributed by atoms with Gasteiger partial charge in [-0.2, -0.15) is 0 Å². The molecule has 19 nitrogen and oxygen atoms in total. The number of nitrogen functional groups attached to an aromatic ring is 1. The average Bonchev–Trinajstić information content (AvgIpc) is 3.75. The molecule has 2 unspecified atom stereocenters. The highest BCUT2D eigenvalue weighted by molar-refractivity contribution is 8.07. The van der Waals surface area contributed by atoms with Crippen LogP contribution in [-0.4, -0.2) is 92.2 Å². The number of imidazole rings is 1. The molecule has 23 heteroatoms. The predicted molar refractivity (Wildman–Crippen MR) is 163 cm³/mol. The molecule has 9 rings (SSSR count). The second-order valence-electron chi connectivity index (χ2n) is 12.0. The van der Waals surface area contributed by atoms with Crippen LogP contribution in [0.5, 0.6) is 0 Å². The number of aliphatic hydroxyl groups excluding tert-OH is 1. The maximum atomic E-state index is 14.9. The van der Waals surface area contributed by atoms with Crippen molar-refractivity contribution in [3.63, 3.8) is 0 Å². The zero-order chi connectivity index (χ0) is 33.7. The van der Waals surface area contributed by atoms with Crippen LogP contribution in [0.3, 0.4) is 0 Å². The maximum absolute atomic E-state index is 14.9. The van der Waals surface area contributed by atoms with Gasteiger partial charge >= 0.3 is 14.5 Å². The van der Waals surface area contributed by atoms with Gasteiger partial charge < -0.3 is 44.2 Å². The number of anilines is 1. The van der Waals surface area contributed by atoms with E-state index in [0.717, 1.165) is 17.1 Å².